The van der Waals surface area contributed by atoms with Gasteiger partial charge in [0.2, 0.25) is 11.8 Å². The van der Waals surface area contributed by atoms with Gasteiger partial charge in [-0.25, -0.2) is 0 Å². The number of piperidine rings is 1. The molecule has 0 saturated carbocycles. The molecule has 2 aliphatic heterocycles. The van der Waals surface area contributed by atoms with Crippen molar-refractivity contribution in [2.24, 2.45) is 5.92 Å². The molecule has 2 N–H and O–H groups in total. The number of morpholine rings is 1. The number of nitrogens with one attached hydrogen (secondary N) is 2. The maximum Gasteiger partial charge on any atom is 0.227 e. The number of anilines is 1. The summed E-state index contributed by atoms with van der Waals surface area (Å²) in [7, 11) is 0. The standard InChI is InChI=1S/C18H25N3O3.ClH/c22-17(21-9-11-24-12-10-21)13-14-1-3-16(4-2-14)20-18(23)15-5-7-19-8-6-15;/h1-4,15,19H,5-13H2,(H,20,23);1H. The molecule has 2 amide bonds. The van der Waals surface area contributed by atoms with Gasteiger partial charge in [0.05, 0.1) is 19.6 Å². The molecule has 0 bridgehead atoms. The lowest BCUT2D eigenvalue weighted by Gasteiger charge is -2.26. The maximum atomic E-state index is 12.2. The molecule has 1 aromatic carbocycles. The Bertz CT molecular complexity index is 516. The molecule has 3 rings (SSSR count). The van der Waals surface area contributed by atoms with Crippen molar-refractivity contribution in [2.75, 3.05) is 44.7 Å². The van der Waals surface area contributed by atoms with Gasteiger partial charge in [0, 0.05) is 24.7 Å². The number of benzene rings is 1. The van der Waals surface area contributed by atoms with Crippen LogP contribution in [0.1, 0.15) is 18.4 Å². The third-order valence-electron chi connectivity index (χ3n) is 4.65. The topological polar surface area (TPSA) is 70.7 Å². The molecule has 0 spiro atoms. The van der Waals surface area contributed by atoms with E-state index in [0.29, 0.717) is 32.7 Å². The number of halogens is 1. The van der Waals surface area contributed by atoms with E-state index < -0.39 is 0 Å². The first-order valence-corrected chi connectivity index (χ1v) is 8.68. The predicted octanol–water partition coefficient (Wildman–Crippen LogP) is 1.45. The fourth-order valence-corrected chi connectivity index (χ4v) is 3.13. The second kappa shape index (κ2) is 9.75. The Labute approximate surface area is 154 Å². The fraction of sp³-hybridized carbons (Fsp3) is 0.556. The highest BCUT2D eigenvalue weighted by atomic mass is 35.5. The monoisotopic (exact) mass is 367 g/mol. The average Bonchev–Trinajstić information content (AvgIpc) is 2.65. The molecule has 2 fully saturated rings. The van der Waals surface area contributed by atoms with E-state index in [0.717, 1.165) is 37.2 Å². The zero-order valence-corrected chi connectivity index (χ0v) is 15.1. The van der Waals surface area contributed by atoms with Crippen LogP contribution in [-0.2, 0) is 20.7 Å². The quantitative estimate of drug-likeness (QED) is 0.845. The van der Waals surface area contributed by atoms with Crippen LogP contribution in [0.3, 0.4) is 0 Å². The van der Waals surface area contributed by atoms with Gasteiger partial charge in [0.1, 0.15) is 0 Å². The summed E-state index contributed by atoms with van der Waals surface area (Å²) in [5.41, 5.74) is 1.76. The molecule has 0 aromatic heterocycles. The van der Waals surface area contributed by atoms with Crippen molar-refractivity contribution in [1.82, 2.24) is 10.2 Å². The average molecular weight is 368 g/mol. The first kappa shape index (κ1) is 19.7. The molecular formula is C18H26ClN3O3. The van der Waals surface area contributed by atoms with Crippen molar-refractivity contribution in [2.45, 2.75) is 19.3 Å². The third kappa shape index (κ3) is 5.70. The third-order valence-corrected chi connectivity index (χ3v) is 4.65. The number of amides is 2. The lowest BCUT2D eigenvalue weighted by atomic mass is 9.97. The van der Waals surface area contributed by atoms with Crippen LogP contribution in [0.25, 0.3) is 0 Å². The van der Waals surface area contributed by atoms with Crippen LogP contribution in [0.5, 0.6) is 0 Å². The normalized spacial score (nSPS) is 18.3. The molecule has 0 aliphatic carbocycles. The first-order chi connectivity index (χ1) is 11.7. The van der Waals surface area contributed by atoms with Crippen LogP contribution < -0.4 is 10.6 Å². The van der Waals surface area contributed by atoms with Gasteiger partial charge in [0.15, 0.2) is 0 Å². The Morgan fingerprint density at radius 1 is 1.12 bits per heavy atom. The number of hydrogen-bond donors (Lipinski definition) is 2. The van der Waals surface area contributed by atoms with E-state index in [4.69, 9.17) is 4.74 Å². The molecule has 7 heteroatoms. The highest BCUT2D eigenvalue weighted by molar-refractivity contribution is 5.92. The first-order valence-electron chi connectivity index (χ1n) is 8.68. The number of nitrogens with zero attached hydrogens (tertiary/aromatic N) is 1. The van der Waals surface area contributed by atoms with Crippen LogP contribution >= 0.6 is 12.4 Å². The predicted molar refractivity (Wildman–Crippen MR) is 99.0 cm³/mol. The summed E-state index contributed by atoms with van der Waals surface area (Å²) < 4.78 is 5.26. The SMILES string of the molecule is Cl.O=C(Nc1ccc(CC(=O)N2CCOCC2)cc1)C1CCNCC1. The fourth-order valence-electron chi connectivity index (χ4n) is 3.13. The highest BCUT2D eigenvalue weighted by Gasteiger charge is 2.21. The second-order valence-corrected chi connectivity index (χ2v) is 6.38. The molecule has 138 valence electrons. The van der Waals surface area contributed by atoms with Gasteiger partial charge in [0.25, 0.3) is 0 Å². The molecule has 0 atom stereocenters. The Morgan fingerprint density at radius 2 is 1.76 bits per heavy atom. The lowest BCUT2D eigenvalue weighted by molar-refractivity contribution is -0.134. The van der Waals surface area contributed by atoms with E-state index in [1.165, 1.54) is 0 Å². The Morgan fingerprint density at radius 3 is 2.40 bits per heavy atom. The summed E-state index contributed by atoms with van der Waals surface area (Å²) in [5, 5.41) is 6.24. The highest BCUT2D eigenvalue weighted by Crippen LogP contribution is 2.16. The molecule has 1 aromatic rings. The summed E-state index contributed by atoms with van der Waals surface area (Å²) in [5.74, 6) is 0.312. The summed E-state index contributed by atoms with van der Waals surface area (Å²) in [6.07, 6.45) is 2.17. The summed E-state index contributed by atoms with van der Waals surface area (Å²) in [4.78, 5) is 26.3. The Kier molecular flexibility index (Phi) is 7.68. The zero-order chi connectivity index (χ0) is 16.8. The van der Waals surface area contributed by atoms with Crippen molar-refractivity contribution in [1.29, 1.82) is 0 Å². The van der Waals surface area contributed by atoms with Crippen molar-refractivity contribution < 1.29 is 14.3 Å². The van der Waals surface area contributed by atoms with Gasteiger partial charge in [-0.05, 0) is 43.6 Å². The number of carbonyl (C=O) groups excluding carboxylic acids is 2. The van der Waals surface area contributed by atoms with Crippen molar-refractivity contribution in [3.8, 4) is 0 Å². The largest absolute Gasteiger partial charge is 0.378 e. The molecule has 6 nitrogen and oxygen atoms in total. The minimum Gasteiger partial charge on any atom is -0.378 e. The van der Waals surface area contributed by atoms with E-state index in [1.807, 2.05) is 29.2 Å². The van der Waals surface area contributed by atoms with E-state index in [2.05, 4.69) is 10.6 Å². The van der Waals surface area contributed by atoms with Gasteiger partial charge >= 0.3 is 0 Å². The minimum atomic E-state index is 0. The number of rotatable bonds is 4. The second-order valence-electron chi connectivity index (χ2n) is 6.38. The summed E-state index contributed by atoms with van der Waals surface area (Å²) in [6.45, 7) is 4.38. The number of carbonyl (C=O) groups is 2. The van der Waals surface area contributed by atoms with Crippen molar-refractivity contribution >= 4 is 29.9 Å². The Hall–Kier alpha value is -1.63. The molecule has 2 saturated heterocycles. The van der Waals surface area contributed by atoms with Crippen LogP contribution in [-0.4, -0.2) is 56.1 Å². The number of ether oxygens (including phenoxy) is 1. The van der Waals surface area contributed by atoms with Gasteiger partial charge < -0.3 is 20.3 Å². The van der Waals surface area contributed by atoms with Crippen molar-refractivity contribution in [3.63, 3.8) is 0 Å². The van der Waals surface area contributed by atoms with E-state index in [1.54, 1.807) is 0 Å². The molecule has 0 unspecified atom stereocenters. The molecule has 25 heavy (non-hydrogen) atoms. The number of hydrogen-bond acceptors (Lipinski definition) is 4. The van der Waals surface area contributed by atoms with Gasteiger partial charge in [-0.3, -0.25) is 9.59 Å². The van der Waals surface area contributed by atoms with Crippen LogP contribution in [0, 0.1) is 5.92 Å². The van der Waals surface area contributed by atoms with Crippen LogP contribution in [0.2, 0.25) is 0 Å². The summed E-state index contributed by atoms with van der Waals surface area (Å²) >= 11 is 0. The van der Waals surface area contributed by atoms with Crippen LogP contribution in [0.15, 0.2) is 24.3 Å². The minimum absolute atomic E-state index is 0. The van der Waals surface area contributed by atoms with Gasteiger partial charge in [-0.2, -0.15) is 0 Å². The summed E-state index contributed by atoms with van der Waals surface area (Å²) in [6, 6.07) is 7.58. The lowest BCUT2D eigenvalue weighted by Crippen LogP contribution is -2.41. The molecule has 0 radical (unpaired) electrons. The molecule has 2 heterocycles. The van der Waals surface area contributed by atoms with E-state index >= 15 is 0 Å². The maximum absolute atomic E-state index is 12.2. The smallest absolute Gasteiger partial charge is 0.227 e. The molecular weight excluding hydrogens is 342 g/mol. The van der Waals surface area contributed by atoms with Gasteiger partial charge in [-0.15, -0.1) is 12.4 Å². The van der Waals surface area contributed by atoms with E-state index in [9.17, 15) is 9.59 Å². The van der Waals surface area contributed by atoms with Crippen LogP contribution in [0.4, 0.5) is 5.69 Å². The van der Waals surface area contributed by atoms with E-state index in [-0.39, 0.29) is 30.1 Å². The van der Waals surface area contributed by atoms with Crippen molar-refractivity contribution in [3.05, 3.63) is 29.8 Å². The zero-order valence-electron chi connectivity index (χ0n) is 14.3. The Balaban J connectivity index is 0.00000225. The van der Waals surface area contributed by atoms with Gasteiger partial charge in [-0.1, -0.05) is 12.1 Å². The molecule has 2 aliphatic rings.